The molecule has 1 amide bonds. The summed E-state index contributed by atoms with van der Waals surface area (Å²) in [5.74, 6) is -0.0833. The van der Waals surface area contributed by atoms with Gasteiger partial charge in [-0.05, 0) is 0 Å². The molecule has 5 heteroatoms. The van der Waals surface area contributed by atoms with Gasteiger partial charge in [0.05, 0.1) is 5.71 Å². The number of hydrogen-bond acceptors (Lipinski definition) is 3. The Morgan fingerprint density at radius 1 is 1.70 bits per heavy atom. The second-order valence-electron chi connectivity index (χ2n) is 1.96. The Balaban J connectivity index is 2.65. The smallest absolute Gasteiger partial charge is 0.240 e. The van der Waals surface area contributed by atoms with Crippen molar-refractivity contribution in [3.8, 4) is 0 Å². The molecule has 0 aromatic carbocycles. The monoisotopic (exact) mass is 157 g/mol. The summed E-state index contributed by atoms with van der Waals surface area (Å²) in [6.07, 6.45) is 0.983. The van der Waals surface area contributed by atoms with Crippen molar-refractivity contribution in [2.45, 2.75) is 12.8 Å². The van der Waals surface area contributed by atoms with Gasteiger partial charge in [-0.25, -0.2) is 5.43 Å². The minimum Gasteiger partial charge on any atom is -0.388 e. The Labute approximate surface area is 63.5 Å². The Bertz CT molecular complexity index is 211. The second kappa shape index (κ2) is 2.74. The highest BCUT2D eigenvalue weighted by molar-refractivity contribution is 7.82. The first kappa shape index (κ1) is 7.14. The largest absolute Gasteiger partial charge is 0.388 e. The molecule has 0 aromatic rings. The van der Waals surface area contributed by atoms with Crippen molar-refractivity contribution in [3.05, 3.63) is 0 Å². The van der Waals surface area contributed by atoms with Crippen LogP contribution in [0.25, 0.3) is 0 Å². The normalized spacial score (nSPS) is 17.6. The third-order valence-corrected chi connectivity index (χ3v) is 1.42. The highest BCUT2D eigenvalue weighted by Crippen LogP contribution is 1.98. The van der Waals surface area contributed by atoms with Gasteiger partial charge in [0.2, 0.25) is 5.91 Å². The molecule has 1 rings (SSSR count). The van der Waals surface area contributed by atoms with Crippen molar-refractivity contribution < 1.29 is 4.79 Å². The number of hydrogen-bond donors (Lipinski definition) is 2. The van der Waals surface area contributed by atoms with Crippen LogP contribution in [0.3, 0.4) is 0 Å². The maximum atomic E-state index is 10.5. The molecular formula is C5H7N3OS. The van der Waals surface area contributed by atoms with Crippen LogP contribution in [0.1, 0.15) is 12.8 Å². The zero-order chi connectivity index (χ0) is 7.56. The van der Waals surface area contributed by atoms with Gasteiger partial charge in [-0.15, -0.1) is 0 Å². The Kier molecular flexibility index (Phi) is 1.96. The summed E-state index contributed by atoms with van der Waals surface area (Å²) in [6, 6.07) is 0. The van der Waals surface area contributed by atoms with Gasteiger partial charge in [-0.1, -0.05) is 12.2 Å². The molecule has 1 aliphatic rings. The molecule has 0 aliphatic carbocycles. The van der Waals surface area contributed by atoms with E-state index in [9.17, 15) is 4.79 Å². The van der Waals surface area contributed by atoms with Gasteiger partial charge in [0.1, 0.15) is 4.99 Å². The quantitative estimate of drug-likeness (QED) is 0.506. The summed E-state index contributed by atoms with van der Waals surface area (Å²) >= 11 is 4.65. The average molecular weight is 157 g/mol. The highest BCUT2D eigenvalue weighted by Gasteiger charge is 2.12. The second-order valence-corrected chi connectivity index (χ2v) is 2.40. The molecule has 54 valence electrons. The molecule has 10 heavy (non-hydrogen) atoms. The summed E-state index contributed by atoms with van der Waals surface area (Å²) in [5, 5.41) is 3.66. The van der Waals surface area contributed by atoms with E-state index in [1.54, 1.807) is 0 Å². The molecule has 3 N–H and O–H groups in total. The van der Waals surface area contributed by atoms with Gasteiger partial charge in [0.25, 0.3) is 0 Å². The number of carbonyl (C=O) groups excluding carboxylic acids is 1. The fourth-order valence-electron chi connectivity index (χ4n) is 0.652. The first-order valence-corrected chi connectivity index (χ1v) is 3.26. The molecule has 1 heterocycles. The third-order valence-electron chi connectivity index (χ3n) is 1.19. The van der Waals surface area contributed by atoms with E-state index in [0.717, 1.165) is 0 Å². The standard InChI is InChI=1S/C5H7N3OS/c6-5(10)3-1-2-4(9)8-7-3/h1-2H2,(H2,6,10)(H,8,9). The summed E-state index contributed by atoms with van der Waals surface area (Å²) in [6.45, 7) is 0. The van der Waals surface area contributed by atoms with Gasteiger partial charge in [-0.3, -0.25) is 4.79 Å². The van der Waals surface area contributed by atoms with Crippen LogP contribution < -0.4 is 11.2 Å². The number of thiocarbonyl (C=S) groups is 1. The molecule has 0 fully saturated rings. The number of nitrogens with zero attached hydrogens (tertiary/aromatic N) is 1. The Morgan fingerprint density at radius 3 is 2.80 bits per heavy atom. The van der Waals surface area contributed by atoms with Gasteiger partial charge < -0.3 is 5.73 Å². The molecule has 0 aromatic heterocycles. The maximum Gasteiger partial charge on any atom is 0.240 e. The van der Waals surface area contributed by atoms with Crippen LogP contribution in [0, 0.1) is 0 Å². The molecule has 0 saturated heterocycles. The molecule has 0 saturated carbocycles. The van der Waals surface area contributed by atoms with Crippen LogP contribution in [0.15, 0.2) is 5.10 Å². The van der Waals surface area contributed by atoms with Crippen molar-refractivity contribution in [1.29, 1.82) is 0 Å². The maximum absolute atomic E-state index is 10.5. The summed E-state index contributed by atoms with van der Waals surface area (Å²) < 4.78 is 0. The van der Waals surface area contributed by atoms with E-state index in [2.05, 4.69) is 22.7 Å². The van der Waals surface area contributed by atoms with Crippen LogP contribution >= 0.6 is 12.2 Å². The number of carbonyl (C=O) groups is 1. The van der Waals surface area contributed by atoms with Gasteiger partial charge in [-0.2, -0.15) is 5.10 Å². The predicted octanol–water partition coefficient (Wildman–Crippen LogP) is -0.462. The Hall–Kier alpha value is -0.970. The minimum atomic E-state index is -0.0833. The molecule has 0 atom stereocenters. The van der Waals surface area contributed by atoms with Crippen molar-refractivity contribution in [2.24, 2.45) is 10.8 Å². The zero-order valence-electron chi connectivity index (χ0n) is 5.26. The van der Waals surface area contributed by atoms with Crippen molar-refractivity contribution in [2.75, 3.05) is 0 Å². The fraction of sp³-hybridized carbons (Fsp3) is 0.400. The first-order valence-electron chi connectivity index (χ1n) is 2.85. The summed E-state index contributed by atoms with van der Waals surface area (Å²) in [5.41, 5.74) is 8.16. The van der Waals surface area contributed by atoms with Crippen LogP contribution in [0.4, 0.5) is 0 Å². The average Bonchev–Trinajstić information content (AvgIpc) is 1.88. The van der Waals surface area contributed by atoms with Crippen LogP contribution in [0.2, 0.25) is 0 Å². The number of hydrazone groups is 1. The van der Waals surface area contributed by atoms with Crippen molar-refractivity contribution in [3.63, 3.8) is 0 Å². The number of amides is 1. The Morgan fingerprint density at radius 2 is 2.40 bits per heavy atom. The molecule has 1 aliphatic heterocycles. The van der Waals surface area contributed by atoms with E-state index >= 15 is 0 Å². The van der Waals surface area contributed by atoms with Crippen LogP contribution in [-0.4, -0.2) is 16.6 Å². The lowest BCUT2D eigenvalue weighted by molar-refractivity contribution is -0.121. The molecule has 0 radical (unpaired) electrons. The highest BCUT2D eigenvalue weighted by atomic mass is 32.1. The summed E-state index contributed by atoms with van der Waals surface area (Å²) in [7, 11) is 0. The minimum absolute atomic E-state index is 0.0833. The lowest BCUT2D eigenvalue weighted by atomic mass is 10.2. The molecule has 0 unspecified atom stereocenters. The topological polar surface area (TPSA) is 67.5 Å². The molecular weight excluding hydrogens is 150 g/mol. The fourth-order valence-corrected chi connectivity index (χ4v) is 0.800. The van der Waals surface area contributed by atoms with E-state index in [-0.39, 0.29) is 10.9 Å². The lowest BCUT2D eigenvalue weighted by Gasteiger charge is -2.09. The number of nitrogens with two attached hydrogens (primary N) is 1. The van der Waals surface area contributed by atoms with E-state index < -0.39 is 0 Å². The van der Waals surface area contributed by atoms with Crippen molar-refractivity contribution >= 4 is 28.8 Å². The van der Waals surface area contributed by atoms with E-state index in [0.29, 0.717) is 18.6 Å². The molecule has 0 spiro atoms. The molecule has 0 bridgehead atoms. The third kappa shape index (κ3) is 1.51. The van der Waals surface area contributed by atoms with E-state index in [1.807, 2.05) is 0 Å². The van der Waals surface area contributed by atoms with E-state index in [1.165, 1.54) is 0 Å². The van der Waals surface area contributed by atoms with Gasteiger partial charge in [0.15, 0.2) is 0 Å². The lowest BCUT2D eigenvalue weighted by Crippen LogP contribution is -2.32. The number of rotatable bonds is 1. The predicted molar refractivity (Wildman–Crippen MR) is 41.6 cm³/mol. The molecule has 4 nitrogen and oxygen atoms in total. The zero-order valence-corrected chi connectivity index (χ0v) is 6.07. The van der Waals surface area contributed by atoms with E-state index in [4.69, 9.17) is 5.73 Å². The summed E-state index contributed by atoms with van der Waals surface area (Å²) in [4.78, 5) is 10.8. The SMILES string of the molecule is NC(=S)C1=NNC(=O)CC1. The van der Waals surface area contributed by atoms with Crippen LogP contribution in [-0.2, 0) is 4.79 Å². The van der Waals surface area contributed by atoms with Crippen molar-refractivity contribution in [1.82, 2.24) is 5.43 Å². The number of nitrogens with one attached hydrogen (secondary N) is 1. The van der Waals surface area contributed by atoms with Crippen LogP contribution in [0.5, 0.6) is 0 Å². The first-order chi connectivity index (χ1) is 4.70. The van der Waals surface area contributed by atoms with Gasteiger partial charge in [0, 0.05) is 12.8 Å². The van der Waals surface area contributed by atoms with Gasteiger partial charge >= 0.3 is 0 Å².